The first-order chi connectivity index (χ1) is 15.3. The Bertz CT molecular complexity index is 1200. The largest absolute Gasteiger partial charge is 0.441 e. The van der Waals surface area contributed by atoms with Gasteiger partial charge in [0.15, 0.2) is 11.7 Å². The summed E-state index contributed by atoms with van der Waals surface area (Å²) in [4.78, 5) is 18.8. The van der Waals surface area contributed by atoms with Crippen LogP contribution in [0.3, 0.4) is 0 Å². The van der Waals surface area contributed by atoms with Crippen molar-refractivity contribution >= 4 is 27.5 Å². The van der Waals surface area contributed by atoms with Crippen LogP contribution in [0.2, 0.25) is 5.02 Å². The van der Waals surface area contributed by atoms with Gasteiger partial charge in [0, 0.05) is 49.6 Å². The number of aromatic nitrogens is 1. The lowest BCUT2D eigenvalue weighted by atomic mass is 10.1. The maximum Gasteiger partial charge on any atom is 0.243 e. The first-order valence-corrected chi connectivity index (χ1v) is 12.2. The van der Waals surface area contributed by atoms with E-state index in [9.17, 15) is 13.2 Å². The molecule has 168 valence electrons. The maximum atomic E-state index is 12.8. The summed E-state index contributed by atoms with van der Waals surface area (Å²) in [6.45, 7) is 3.21. The molecule has 0 atom stereocenters. The summed E-state index contributed by atoms with van der Waals surface area (Å²) in [5, 5.41) is 0.372. The molecule has 9 heteroatoms. The van der Waals surface area contributed by atoms with E-state index in [-0.39, 0.29) is 30.3 Å². The van der Waals surface area contributed by atoms with E-state index < -0.39 is 10.0 Å². The number of halogens is 1. The zero-order valence-electron chi connectivity index (χ0n) is 17.7. The van der Waals surface area contributed by atoms with Crippen LogP contribution in [-0.4, -0.2) is 54.7 Å². The Morgan fingerprint density at radius 3 is 2.50 bits per heavy atom. The molecule has 2 heterocycles. The van der Waals surface area contributed by atoms with Crippen LogP contribution in [0, 0.1) is 6.92 Å². The van der Waals surface area contributed by atoms with Crippen molar-refractivity contribution in [1.29, 1.82) is 0 Å². The van der Waals surface area contributed by atoms with Gasteiger partial charge in [0.2, 0.25) is 15.9 Å². The highest BCUT2D eigenvalue weighted by Crippen LogP contribution is 2.23. The highest BCUT2D eigenvalue weighted by Gasteiger charge is 2.30. The average molecular weight is 474 g/mol. The number of piperazine rings is 1. The van der Waals surface area contributed by atoms with E-state index in [4.69, 9.17) is 16.0 Å². The van der Waals surface area contributed by atoms with Gasteiger partial charge in [0.05, 0.1) is 11.1 Å². The van der Waals surface area contributed by atoms with Gasteiger partial charge in [-0.1, -0.05) is 47.5 Å². The predicted molar refractivity (Wildman–Crippen MR) is 122 cm³/mol. The molecule has 32 heavy (non-hydrogen) atoms. The van der Waals surface area contributed by atoms with Gasteiger partial charge in [-0.15, -0.1) is 0 Å². The van der Waals surface area contributed by atoms with Gasteiger partial charge < -0.3 is 9.32 Å². The van der Waals surface area contributed by atoms with Crippen LogP contribution in [0.15, 0.2) is 64.0 Å². The van der Waals surface area contributed by atoms with Crippen molar-refractivity contribution in [2.45, 2.75) is 24.7 Å². The van der Waals surface area contributed by atoms with Gasteiger partial charge in [-0.05, 0) is 25.1 Å². The number of nitrogens with zero attached hydrogens (tertiary/aromatic N) is 3. The smallest absolute Gasteiger partial charge is 0.243 e. The Morgan fingerprint density at radius 1 is 1.09 bits per heavy atom. The first kappa shape index (κ1) is 22.5. The molecule has 1 aliphatic heterocycles. The molecule has 0 aliphatic carbocycles. The summed E-state index contributed by atoms with van der Waals surface area (Å²) in [6, 6.07) is 14.2. The minimum Gasteiger partial charge on any atom is -0.441 e. The summed E-state index contributed by atoms with van der Waals surface area (Å²) in [5.41, 5.74) is 2.11. The van der Waals surface area contributed by atoms with Gasteiger partial charge in [-0.3, -0.25) is 4.79 Å². The summed E-state index contributed by atoms with van der Waals surface area (Å²) in [6.07, 6.45) is 2.32. The number of carbonyl (C=O) groups excluding carboxylic acids is 1. The van der Waals surface area contributed by atoms with Crippen LogP contribution >= 0.6 is 11.6 Å². The third-order valence-electron chi connectivity index (χ3n) is 5.47. The van der Waals surface area contributed by atoms with Crippen molar-refractivity contribution < 1.29 is 17.6 Å². The molecule has 0 bridgehead atoms. The fraction of sp³-hybridized carbons (Fsp3) is 0.304. The van der Waals surface area contributed by atoms with Crippen molar-refractivity contribution in [3.05, 3.63) is 71.2 Å². The molecule has 0 N–H and O–H groups in total. The molecule has 3 aromatic rings. The average Bonchev–Trinajstić information content (AvgIpc) is 3.27. The van der Waals surface area contributed by atoms with Crippen LogP contribution in [-0.2, 0) is 21.2 Å². The summed E-state index contributed by atoms with van der Waals surface area (Å²) >= 11 is 5.93. The number of hydrogen-bond donors (Lipinski definition) is 0. The van der Waals surface area contributed by atoms with Crippen LogP contribution < -0.4 is 0 Å². The lowest BCUT2D eigenvalue weighted by Crippen LogP contribution is -2.50. The lowest BCUT2D eigenvalue weighted by Gasteiger charge is -2.34. The van der Waals surface area contributed by atoms with E-state index in [0.29, 0.717) is 36.2 Å². The van der Waals surface area contributed by atoms with E-state index in [2.05, 4.69) is 4.98 Å². The zero-order chi connectivity index (χ0) is 22.7. The van der Waals surface area contributed by atoms with Gasteiger partial charge in [-0.25, -0.2) is 13.4 Å². The molecule has 0 unspecified atom stereocenters. The number of rotatable bonds is 6. The van der Waals surface area contributed by atoms with Crippen LogP contribution in [0.25, 0.3) is 11.3 Å². The molecular weight excluding hydrogens is 450 g/mol. The lowest BCUT2D eigenvalue weighted by molar-refractivity contribution is -0.132. The highest BCUT2D eigenvalue weighted by molar-refractivity contribution is 7.89. The maximum absolute atomic E-state index is 12.8. The number of hydrogen-bond acceptors (Lipinski definition) is 5. The third-order valence-corrected chi connectivity index (χ3v) is 7.60. The summed E-state index contributed by atoms with van der Waals surface area (Å²) in [7, 11) is -3.63. The number of benzene rings is 2. The fourth-order valence-corrected chi connectivity index (χ4v) is 5.33. The van der Waals surface area contributed by atoms with E-state index in [1.807, 2.05) is 31.2 Å². The molecule has 0 spiro atoms. The van der Waals surface area contributed by atoms with E-state index in [0.717, 1.165) is 5.56 Å². The van der Waals surface area contributed by atoms with Crippen molar-refractivity contribution in [2.75, 3.05) is 26.2 Å². The van der Waals surface area contributed by atoms with E-state index >= 15 is 0 Å². The number of carbonyl (C=O) groups is 1. The topological polar surface area (TPSA) is 83.7 Å². The molecular formula is C23H24ClN3O4S. The number of sulfonamides is 1. The summed E-state index contributed by atoms with van der Waals surface area (Å²) in [5.74, 6) is 1.14. The molecule has 1 amide bonds. The van der Waals surface area contributed by atoms with E-state index in [1.54, 1.807) is 23.2 Å². The Kier molecular flexibility index (Phi) is 6.64. The summed E-state index contributed by atoms with van der Waals surface area (Å²) < 4.78 is 32.8. The predicted octanol–water partition coefficient (Wildman–Crippen LogP) is 3.77. The zero-order valence-corrected chi connectivity index (χ0v) is 19.3. The van der Waals surface area contributed by atoms with Gasteiger partial charge >= 0.3 is 0 Å². The molecule has 1 aliphatic rings. The third kappa shape index (κ3) is 5.03. The van der Waals surface area contributed by atoms with Crippen LogP contribution in [0.4, 0.5) is 0 Å². The van der Waals surface area contributed by atoms with Crippen LogP contribution in [0.1, 0.15) is 17.9 Å². The monoisotopic (exact) mass is 473 g/mol. The quantitative estimate of drug-likeness (QED) is 0.544. The van der Waals surface area contributed by atoms with Crippen molar-refractivity contribution in [2.24, 2.45) is 0 Å². The number of amides is 1. The molecule has 0 radical (unpaired) electrons. The van der Waals surface area contributed by atoms with Crippen LogP contribution in [0.5, 0.6) is 0 Å². The molecule has 4 rings (SSSR count). The van der Waals surface area contributed by atoms with E-state index in [1.165, 1.54) is 22.0 Å². The highest BCUT2D eigenvalue weighted by atomic mass is 35.5. The molecule has 0 saturated carbocycles. The second-order valence-electron chi connectivity index (χ2n) is 7.73. The first-order valence-electron chi connectivity index (χ1n) is 10.4. The second-order valence-corrected chi connectivity index (χ2v) is 10.1. The van der Waals surface area contributed by atoms with Gasteiger partial charge in [0.25, 0.3) is 0 Å². The SMILES string of the molecule is Cc1ccc(-c2cnc(CCC(=O)N3CCN(S(=O)(=O)c4cccc(Cl)c4)CC3)o2)cc1. The number of aryl methyl sites for hydroxylation is 2. The minimum atomic E-state index is -3.63. The van der Waals surface area contributed by atoms with Crippen molar-refractivity contribution in [1.82, 2.24) is 14.2 Å². The van der Waals surface area contributed by atoms with Crippen molar-refractivity contribution in [3.63, 3.8) is 0 Å². The minimum absolute atomic E-state index is 0.0418. The second kappa shape index (κ2) is 9.44. The number of oxazole rings is 1. The molecule has 1 saturated heterocycles. The van der Waals surface area contributed by atoms with Gasteiger partial charge in [-0.2, -0.15) is 4.31 Å². The molecule has 1 fully saturated rings. The molecule has 1 aromatic heterocycles. The normalized spacial score (nSPS) is 15.1. The standard InChI is InChI=1S/C23H24ClN3O4S/c1-17-5-7-18(8-6-17)21-16-25-22(31-21)9-10-23(28)26-11-13-27(14-12-26)32(29,30)20-4-2-3-19(24)15-20/h2-8,15-16H,9-14H2,1H3. The Labute approximate surface area is 192 Å². The Morgan fingerprint density at radius 2 is 1.81 bits per heavy atom. The Hall–Kier alpha value is -2.68. The van der Waals surface area contributed by atoms with Gasteiger partial charge in [0.1, 0.15) is 0 Å². The van der Waals surface area contributed by atoms with Crippen molar-refractivity contribution in [3.8, 4) is 11.3 Å². The molecule has 2 aromatic carbocycles. The Balaban J connectivity index is 1.30. The fourth-order valence-electron chi connectivity index (χ4n) is 3.60. The molecule has 7 nitrogen and oxygen atoms in total.